The number of nitrogens with zero attached hydrogens (tertiary/aromatic N) is 4. The molecule has 0 aromatic carbocycles. The fourth-order valence-corrected chi connectivity index (χ4v) is 1.54. The van der Waals surface area contributed by atoms with Gasteiger partial charge in [-0.3, -0.25) is 9.59 Å². The van der Waals surface area contributed by atoms with E-state index in [-0.39, 0.29) is 37.9 Å². The predicted octanol–water partition coefficient (Wildman–Crippen LogP) is 3.05. The summed E-state index contributed by atoms with van der Waals surface area (Å²) in [6.45, 7) is 19.5. The second kappa shape index (κ2) is 25.7. The zero-order valence-electron chi connectivity index (χ0n) is 20.2. The van der Waals surface area contributed by atoms with Crippen LogP contribution >= 0.6 is 0 Å². The van der Waals surface area contributed by atoms with Gasteiger partial charge in [0.15, 0.2) is 11.6 Å². The number of ether oxygens (including phenoxy) is 1. The summed E-state index contributed by atoms with van der Waals surface area (Å²) in [5.74, 6) is 5.48. The maximum atomic E-state index is 10.9. The molecule has 9 nitrogen and oxygen atoms in total. The molecule has 1 aromatic rings. The van der Waals surface area contributed by atoms with Gasteiger partial charge in [0.25, 0.3) is 0 Å². The molecule has 0 fully saturated rings. The fraction of sp³-hybridized carbons (Fsp3) is 0.700. The van der Waals surface area contributed by atoms with Crippen molar-refractivity contribution in [3.8, 4) is 0 Å². The summed E-state index contributed by atoms with van der Waals surface area (Å²) in [4.78, 5) is 21.8. The molecule has 0 amide bonds. The van der Waals surface area contributed by atoms with Gasteiger partial charge in [-0.2, -0.15) is 0 Å². The molecule has 172 valence electrons. The lowest BCUT2D eigenvalue weighted by molar-refractivity contribution is -0.118. The van der Waals surface area contributed by atoms with Crippen molar-refractivity contribution in [2.24, 2.45) is 11.6 Å². The van der Waals surface area contributed by atoms with Crippen molar-refractivity contribution < 1.29 is 14.3 Å². The van der Waals surface area contributed by atoms with E-state index in [1.165, 1.54) is 29.7 Å². The van der Waals surface area contributed by atoms with E-state index in [1.54, 1.807) is 6.20 Å². The molecule has 0 saturated heterocycles. The lowest BCUT2D eigenvalue weighted by Crippen LogP contribution is -2.31. The average Bonchev–Trinajstić information content (AvgIpc) is 3.14. The Morgan fingerprint density at radius 3 is 2.03 bits per heavy atom. The normalized spacial score (nSPS) is 9.14. The van der Waals surface area contributed by atoms with Gasteiger partial charge >= 0.3 is 0 Å². The van der Waals surface area contributed by atoms with E-state index >= 15 is 0 Å². The van der Waals surface area contributed by atoms with Gasteiger partial charge in [-0.05, 0) is 13.8 Å². The largest absolute Gasteiger partial charge is 0.399 e. The molecule has 0 aliphatic rings. The van der Waals surface area contributed by atoms with Crippen LogP contribution in [0, 0.1) is 0 Å². The van der Waals surface area contributed by atoms with E-state index < -0.39 is 0 Å². The molecule has 1 aromatic heterocycles. The van der Waals surface area contributed by atoms with Crippen LogP contribution in [0.1, 0.15) is 74.9 Å². The summed E-state index contributed by atoms with van der Waals surface area (Å²) in [7, 11) is 0. The minimum atomic E-state index is -0.0652. The van der Waals surface area contributed by atoms with Crippen molar-refractivity contribution in [1.82, 2.24) is 20.0 Å². The van der Waals surface area contributed by atoms with E-state index in [0.29, 0.717) is 11.4 Å². The molecule has 1 heterocycles. The van der Waals surface area contributed by atoms with Crippen molar-refractivity contribution in [3.05, 3.63) is 23.8 Å². The maximum Gasteiger partial charge on any atom is 0.151 e. The second-order valence-corrected chi connectivity index (χ2v) is 4.68. The van der Waals surface area contributed by atoms with Gasteiger partial charge in [0.2, 0.25) is 0 Å². The van der Waals surface area contributed by atoms with Crippen LogP contribution in [0.15, 0.2) is 18.1 Å². The minimum Gasteiger partial charge on any atom is -0.399 e. The zero-order chi connectivity index (χ0) is 23.8. The SMILES string of the molecule is CC.CC.CC.CC.CC(=O)CN(N)/C=C(\N)COCc1cn(CC(C)=O)nn1. The average molecular weight is 417 g/mol. The first-order chi connectivity index (χ1) is 13.9. The highest BCUT2D eigenvalue weighted by atomic mass is 16.5. The van der Waals surface area contributed by atoms with Gasteiger partial charge in [0.1, 0.15) is 12.2 Å². The summed E-state index contributed by atoms with van der Waals surface area (Å²) in [6.07, 6.45) is 3.07. The first kappa shape index (κ1) is 34.3. The smallest absolute Gasteiger partial charge is 0.151 e. The van der Waals surface area contributed by atoms with E-state index in [1.807, 2.05) is 55.4 Å². The van der Waals surface area contributed by atoms with Crippen molar-refractivity contribution in [2.45, 2.75) is 82.4 Å². The topological polar surface area (TPSA) is 129 Å². The number of hydrazine groups is 1. The molecule has 29 heavy (non-hydrogen) atoms. The molecule has 4 N–H and O–H groups in total. The Balaban J connectivity index is -0.000000347. The first-order valence-corrected chi connectivity index (χ1v) is 10.3. The third kappa shape index (κ3) is 23.7. The molecule has 9 heteroatoms. The minimum absolute atomic E-state index is 0.00643. The first-order valence-electron chi connectivity index (χ1n) is 10.3. The van der Waals surface area contributed by atoms with Crippen LogP contribution in [0.25, 0.3) is 0 Å². The Bertz CT molecular complexity index is 530. The number of rotatable bonds is 9. The third-order valence-electron chi connectivity index (χ3n) is 2.23. The molecule has 0 unspecified atom stereocenters. The van der Waals surface area contributed by atoms with Crippen molar-refractivity contribution in [1.29, 1.82) is 0 Å². The highest BCUT2D eigenvalue weighted by Crippen LogP contribution is 1.98. The number of ketones is 2. The maximum absolute atomic E-state index is 10.9. The van der Waals surface area contributed by atoms with Crippen LogP contribution in [-0.2, 0) is 27.5 Å². The molecule has 0 atom stereocenters. The highest BCUT2D eigenvalue weighted by molar-refractivity contribution is 5.77. The second-order valence-electron chi connectivity index (χ2n) is 4.68. The van der Waals surface area contributed by atoms with Crippen LogP contribution in [0.4, 0.5) is 0 Å². The highest BCUT2D eigenvalue weighted by Gasteiger charge is 2.04. The lowest BCUT2D eigenvalue weighted by atomic mass is 10.4. The van der Waals surface area contributed by atoms with Crippen molar-refractivity contribution >= 4 is 11.6 Å². The molecule has 1 rings (SSSR count). The molecular formula is C20H44N6O3. The van der Waals surface area contributed by atoms with Crippen LogP contribution in [-0.4, -0.2) is 44.7 Å². The number of aromatic nitrogens is 3. The molecule has 0 aliphatic heterocycles. The zero-order valence-corrected chi connectivity index (χ0v) is 20.2. The Kier molecular flexibility index (Phi) is 30.4. The van der Waals surface area contributed by atoms with Crippen LogP contribution < -0.4 is 11.6 Å². The molecule has 0 spiro atoms. The Labute approximate surface area is 177 Å². The van der Waals surface area contributed by atoms with Crippen molar-refractivity contribution in [2.75, 3.05) is 13.2 Å². The number of carbonyl (C=O) groups excluding carboxylic acids is 2. The molecule has 0 saturated carbocycles. The van der Waals surface area contributed by atoms with Gasteiger partial charge in [-0.15, -0.1) is 5.10 Å². The van der Waals surface area contributed by atoms with Crippen molar-refractivity contribution in [3.63, 3.8) is 0 Å². The Morgan fingerprint density at radius 2 is 1.59 bits per heavy atom. The Hall–Kier alpha value is -2.26. The quantitative estimate of drug-likeness (QED) is 0.464. The third-order valence-corrected chi connectivity index (χ3v) is 2.23. The van der Waals surface area contributed by atoms with E-state index in [4.69, 9.17) is 16.3 Å². The van der Waals surface area contributed by atoms with Gasteiger partial charge in [-0.25, -0.2) is 10.5 Å². The van der Waals surface area contributed by atoms with E-state index in [9.17, 15) is 9.59 Å². The van der Waals surface area contributed by atoms with Gasteiger partial charge < -0.3 is 15.5 Å². The molecule has 0 aliphatic carbocycles. The van der Waals surface area contributed by atoms with Crippen LogP contribution in [0.3, 0.4) is 0 Å². The lowest BCUT2D eigenvalue weighted by Gasteiger charge is -2.12. The van der Waals surface area contributed by atoms with Crippen LogP contribution in [0.2, 0.25) is 0 Å². The number of hydrogen-bond acceptors (Lipinski definition) is 8. The number of Topliss-reactive ketones (excluding diaryl/α,β-unsaturated/α-hetero) is 2. The van der Waals surface area contributed by atoms with Gasteiger partial charge in [0, 0.05) is 6.20 Å². The molecular weight excluding hydrogens is 372 g/mol. The van der Waals surface area contributed by atoms with E-state index in [0.717, 1.165) is 0 Å². The number of hydrogen-bond donors (Lipinski definition) is 2. The number of nitrogens with two attached hydrogens (primary N) is 2. The summed E-state index contributed by atoms with van der Waals surface area (Å²) in [5.41, 5.74) is 6.68. The number of carbonyl (C=O) groups is 2. The standard InChI is InChI=1S/C12H20N6O3.4C2H6/c1-9(19)3-17(14)5-11(13)7-21-8-12-6-18(16-15-12)4-10(2)20;4*1-2/h5-6H,3-4,7-8,13-14H2,1-2H3;4*1-2H3/b11-5-;;;;. The van der Waals surface area contributed by atoms with Gasteiger partial charge in [0.05, 0.1) is 31.7 Å². The van der Waals surface area contributed by atoms with Gasteiger partial charge in [-0.1, -0.05) is 60.6 Å². The van der Waals surface area contributed by atoms with Crippen LogP contribution in [0.5, 0.6) is 0 Å². The molecule has 0 bridgehead atoms. The fourth-order valence-electron chi connectivity index (χ4n) is 1.54. The van der Waals surface area contributed by atoms with E-state index in [2.05, 4.69) is 10.3 Å². The summed E-state index contributed by atoms with van der Waals surface area (Å²) < 4.78 is 6.78. The Morgan fingerprint density at radius 1 is 1.07 bits per heavy atom. The molecule has 0 radical (unpaired) electrons. The summed E-state index contributed by atoms with van der Waals surface area (Å²) in [6, 6.07) is 0. The monoisotopic (exact) mass is 416 g/mol. The summed E-state index contributed by atoms with van der Waals surface area (Å²) in [5, 5.41) is 8.85. The predicted molar refractivity (Wildman–Crippen MR) is 120 cm³/mol. The summed E-state index contributed by atoms with van der Waals surface area (Å²) >= 11 is 0.